The molecule has 1 saturated heterocycles. The standard InChI is InChI=1S/C30H44N6O4.C5H9N.C4H8/c1-20(2)36(40-6)29(34-19-39-5)30(16-22(4)33-18-27(37)35-14-8-11-25(35)17-31)21(3)9-7-10-23-15-24(28(32)38)12-13-26(23)30;1-3-4-5(2)6;1-3-4-2/h9,12-13,15,20,22,25,33H,7-8,10-11,14,16,18-19H2,1-6H3,(H2,32,38);3H,1-2,4,6H2;3H,1,4H2,2H3/b34-29-;;/t22-,25?,30?;;/m1../s1. The molecule has 2 unspecified atom stereocenters. The summed E-state index contributed by atoms with van der Waals surface area (Å²) in [5.41, 5.74) is 14.3. The fraction of sp³-hybridized carbons (Fsp3) is 0.538. The number of carbonyl (C=O) groups is 2. The van der Waals surface area contributed by atoms with Crippen molar-refractivity contribution in [1.82, 2.24) is 15.3 Å². The number of amides is 2. The molecule has 2 aliphatic rings. The van der Waals surface area contributed by atoms with Crippen LogP contribution in [0.5, 0.6) is 0 Å². The molecule has 3 rings (SSSR count). The first-order chi connectivity index (χ1) is 23.8. The molecule has 1 aliphatic carbocycles. The Hall–Kier alpha value is -4.24. The SMILES string of the molecule is C=CCC.C=CCC(=C)N.COC/N=C(\N(OC)C(C)C)C1(C[C@@H](C)NCC(=O)N2CCCC2C#N)C(C)=CCCc2cc(C(N)=O)ccc21. The smallest absolute Gasteiger partial charge is 0.248 e. The summed E-state index contributed by atoms with van der Waals surface area (Å²) in [4.78, 5) is 37.6. The van der Waals surface area contributed by atoms with Crippen molar-refractivity contribution in [1.29, 1.82) is 5.26 Å². The molecule has 0 spiro atoms. The van der Waals surface area contributed by atoms with Gasteiger partial charge in [0.15, 0.2) is 0 Å². The Bertz CT molecular complexity index is 1400. The second-order valence-corrected chi connectivity index (χ2v) is 12.8. The van der Waals surface area contributed by atoms with Gasteiger partial charge in [-0.2, -0.15) is 5.26 Å². The van der Waals surface area contributed by atoms with Crippen molar-refractivity contribution < 1.29 is 19.2 Å². The van der Waals surface area contributed by atoms with E-state index in [4.69, 9.17) is 26.0 Å². The van der Waals surface area contributed by atoms with Gasteiger partial charge < -0.3 is 26.4 Å². The number of allylic oxidation sites excluding steroid dienone is 3. The lowest BCUT2D eigenvalue weighted by Gasteiger charge is -2.44. The van der Waals surface area contributed by atoms with Gasteiger partial charge in [0.25, 0.3) is 0 Å². The Labute approximate surface area is 300 Å². The van der Waals surface area contributed by atoms with Crippen LogP contribution in [0.4, 0.5) is 0 Å². The van der Waals surface area contributed by atoms with E-state index in [0.717, 1.165) is 55.2 Å². The minimum atomic E-state index is -0.751. The van der Waals surface area contributed by atoms with E-state index in [2.05, 4.69) is 58.0 Å². The maximum atomic E-state index is 13.0. The fourth-order valence-electron chi connectivity index (χ4n) is 6.20. The highest BCUT2D eigenvalue weighted by molar-refractivity contribution is 5.98. The van der Waals surface area contributed by atoms with Crippen molar-refractivity contribution in [3.63, 3.8) is 0 Å². The number of benzene rings is 1. The number of nitrogens with one attached hydrogen (secondary N) is 1. The summed E-state index contributed by atoms with van der Waals surface area (Å²) in [6.45, 7) is 21.6. The molecule has 50 heavy (non-hydrogen) atoms. The third-order valence-electron chi connectivity index (χ3n) is 8.62. The third-order valence-corrected chi connectivity index (χ3v) is 8.62. The number of fused-ring (bicyclic) bond motifs is 1. The first-order valence-electron chi connectivity index (χ1n) is 17.3. The number of hydrogen-bond donors (Lipinski definition) is 3. The molecule has 5 N–H and O–H groups in total. The second kappa shape index (κ2) is 22.5. The van der Waals surface area contributed by atoms with Gasteiger partial charge in [-0.1, -0.05) is 43.4 Å². The lowest BCUT2D eigenvalue weighted by atomic mass is 9.68. The fourth-order valence-corrected chi connectivity index (χ4v) is 6.20. The summed E-state index contributed by atoms with van der Waals surface area (Å²) >= 11 is 0. The number of nitriles is 1. The topological polar surface area (TPSA) is 159 Å². The average molecular weight is 692 g/mol. The molecule has 1 aromatic rings. The van der Waals surface area contributed by atoms with E-state index in [1.807, 2.05) is 37.1 Å². The van der Waals surface area contributed by atoms with Crippen molar-refractivity contribution in [2.75, 3.05) is 34.0 Å². The summed E-state index contributed by atoms with van der Waals surface area (Å²) in [7, 11) is 3.23. The van der Waals surface area contributed by atoms with Crippen molar-refractivity contribution in [3.8, 4) is 6.07 Å². The molecule has 2 amide bonds. The Morgan fingerprint density at radius 3 is 2.42 bits per heavy atom. The quantitative estimate of drug-likeness (QED) is 0.0972. The van der Waals surface area contributed by atoms with E-state index < -0.39 is 11.3 Å². The zero-order valence-electron chi connectivity index (χ0n) is 31.5. The van der Waals surface area contributed by atoms with Gasteiger partial charge in [-0.15, -0.1) is 13.2 Å². The first-order valence-corrected chi connectivity index (χ1v) is 17.3. The van der Waals surface area contributed by atoms with Crippen LogP contribution in [0.3, 0.4) is 0 Å². The highest BCUT2D eigenvalue weighted by Gasteiger charge is 2.46. The molecule has 0 saturated carbocycles. The maximum Gasteiger partial charge on any atom is 0.248 e. The van der Waals surface area contributed by atoms with E-state index in [9.17, 15) is 14.9 Å². The number of aliphatic imine (C=N–C) groups is 1. The van der Waals surface area contributed by atoms with Gasteiger partial charge in [-0.3, -0.25) is 14.4 Å². The normalized spacial score (nSPS) is 18.9. The molecule has 0 aromatic heterocycles. The highest BCUT2D eigenvalue weighted by atomic mass is 16.7. The van der Waals surface area contributed by atoms with E-state index in [-0.39, 0.29) is 37.3 Å². The molecular formula is C39H61N7O4. The molecule has 11 heteroatoms. The summed E-state index contributed by atoms with van der Waals surface area (Å²) in [6.07, 6.45) is 11.3. The van der Waals surface area contributed by atoms with Crippen LogP contribution in [-0.4, -0.2) is 79.8 Å². The Balaban J connectivity index is 0.00000109. The molecule has 1 aliphatic heterocycles. The predicted molar refractivity (Wildman–Crippen MR) is 203 cm³/mol. The van der Waals surface area contributed by atoms with Crippen LogP contribution < -0.4 is 16.8 Å². The predicted octanol–water partition coefficient (Wildman–Crippen LogP) is 5.69. The van der Waals surface area contributed by atoms with E-state index >= 15 is 0 Å². The van der Waals surface area contributed by atoms with Gasteiger partial charge in [-0.25, -0.2) is 10.1 Å². The number of ether oxygens (including phenoxy) is 1. The zero-order chi connectivity index (χ0) is 37.9. The summed E-state index contributed by atoms with van der Waals surface area (Å²) in [6, 6.07) is 7.36. The molecule has 1 heterocycles. The molecule has 0 radical (unpaired) electrons. The highest BCUT2D eigenvalue weighted by Crippen LogP contribution is 2.44. The summed E-state index contributed by atoms with van der Waals surface area (Å²) in [5, 5.41) is 14.7. The van der Waals surface area contributed by atoms with Crippen LogP contribution in [-0.2, 0) is 26.2 Å². The number of methoxy groups -OCH3 is 1. The summed E-state index contributed by atoms with van der Waals surface area (Å²) < 4.78 is 5.41. The number of hydrogen-bond acceptors (Lipinski definition) is 8. The molecular weight excluding hydrogens is 630 g/mol. The van der Waals surface area contributed by atoms with Crippen molar-refractivity contribution in [2.24, 2.45) is 16.5 Å². The van der Waals surface area contributed by atoms with E-state index in [1.54, 1.807) is 31.3 Å². The minimum Gasteiger partial charge on any atom is -0.402 e. The first kappa shape index (κ1) is 43.8. The molecule has 3 atom stereocenters. The second-order valence-electron chi connectivity index (χ2n) is 12.8. The molecule has 11 nitrogen and oxygen atoms in total. The minimum absolute atomic E-state index is 0.0372. The largest absolute Gasteiger partial charge is 0.402 e. The van der Waals surface area contributed by atoms with Crippen LogP contribution in [0.25, 0.3) is 0 Å². The van der Waals surface area contributed by atoms with Crippen molar-refractivity contribution in [2.45, 2.75) is 103 Å². The van der Waals surface area contributed by atoms with Crippen LogP contribution in [0, 0.1) is 11.3 Å². The number of nitrogens with two attached hydrogens (primary N) is 2. The Kier molecular flexibility index (Phi) is 19.7. The van der Waals surface area contributed by atoms with Crippen LogP contribution in [0.2, 0.25) is 0 Å². The third kappa shape index (κ3) is 12.3. The van der Waals surface area contributed by atoms with Crippen LogP contribution in [0.1, 0.15) is 94.6 Å². The molecule has 1 fully saturated rings. The van der Waals surface area contributed by atoms with Crippen LogP contribution in [0.15, 0.2) is 72.4 Å². The summed E-state index contributed by atoms with van der Waals surface area (Å²) in [5.74, 6) is 0.153. The van der Waals surface area contributed by atoms with Crippen molar-refractivity contribution in [3.05, 3.63) is 84.1 Å². The van der Waals surface area contributed by atoms with Gasteiger partial charge in [0.2, 0.25) is 11.8 Å². The molecule has 276 valence electrons. The van der Waals surface area contributed by atoms with E-state index in [0.29, 0.717) is 30.1 Å². The van der Waals surface area contributed by atoms with Crippen LogP contribution >= 0.6 is 0 Å². The average Bonchev–Trinajstić information content (AvgIpc) is 3.52. The van der Waals surface area contributed by atoms with Gasteiger partial charge in [0, 0.05) is 37.4 Å². The number of likely N-dealkylation sites (tertiary alicyclic amines) is 1. The number of aryl methyl sites for hydroxylation is 1. The number of rotatable bonds is 14. The lowest BCUT2D eigenvalue weighted by molar-refractivity contribution is -0.130. The van der Waals surface area contributed by atoms with Gasteiger partial charge >= 0.3 is 0 Å². The number of primary amides is 1. The van der Waals surface area contributed by atoms with E-state index in [1.165, 1.54) is 0 Å². The monoisotopic (exact) mass is 691 g/mol. The Morgan fingerprint density at radius 2 is 1.92 bits per heavy atom. The number of amidine groups is 1. The Morgan fingerprint density at radius 1 is 1.24 bits per heavy atom. The molecule has 1 aromatic carbocycles. The van der Waals surface area contributed by atoms with Gasteiger partial charge in [-0.05, 0) is 89.5 Å². The lowest BCUT2D eigenvalue weighted by Crippen LogP contribution is -2.53. The maximum absolute atomic E-state index is 13.0. The molecule has 0 bridgehead atoms. The number of carbonyl (C=O) groups excluding carboxylic acids is 2. The van der Waals surface area contributed by atoms with Gasteiger partial charge in [0.1, 0.15) is 18.6 Å². The number of hydroxylamine groups is 2. The zero-order valence-corrected chi connectivity index (χ0v) is 31.5. The number of nitrogens with zero attached hydrogens (tertiary/aromatic N) is 4. The van der Waals surface area contributed by atoms with Gasteiger partial charge in [0.05, 0.1) is 31.2 Å². The van der Waals surface area contributed by atoms with Crippen molar-refractivity contribution >= 4 is 17.6 Å².